The predicted octanol–water partition coefficient (Wildman–Crippen LogP) is 5.33. The average Bonchev–Trinajstić information content (AvgIpc) is 2.63. The zero-order valence-electron chi connectivity index (χ0n) is 8.49. The predicted molar refractivity (Wildman–Crippen MR) is 81.4 cm³/mol. The molecule has 7 atom stereocenters. The molecule has 3 aliphatic rings. The third kappa shape index (κ3) is 1.32. The normalized spacial score (nSPS) is 60.9. The molecular weight excluding hydrogens is 404 g/mol. The SMILES string of the molecule is ClC1=CC2(Cl)C3C(Cl)C(Cl)C(Cl)C3C1(Cl)C2(Cl)Cl. The first-order valence-corrected chi connectivity index (χ1v) is 8.37. The molecule has 3 rings (SSSR count). The Morgan fingerprint density at radius 3 is 1.89 bits per heavy atom. The van der Waals surface area contributed by atoms with Gasteiger partial charge < -0.3 is 0 Å². The summed E-state index contributed by atoms with van der Waals surface area (Å²) < 4.78 is -1.47. The van der Waals surface area contributed by atoms with E-state index in [1.54, 1.807) is 6.08 Å². The molecule has 0 spiro atoms. The Bertz CT molecular complexity index is 447. The van der Waals surface area contributed by atoms with E-state index < -0.39 is 30.2 Å². The smallest absolute Gasteiger partial charge is 0.121 e. The van der Waals surface area contributed by atoms with Crippen LogP contribution in [-0.2, 0) is 0 Å². The van der Waals surface area contributed by atoms with Crippen molar-refractivity contribution in [1.82, 2.24) is 0 Å². The van der Waals surface area contributed by atoms with Crippen LogP contribution in [0.1, 0.15) is 0 Å². The molecule has 0 aromatic rings. The maximum atomic E-state index is 6.60. The molecule has 0 nitrogen and oxygen atoms in total. The van der Waals surface area contributed by atoms with Crippen LogP contribution in [0.15, 0.2) is 11.1 Å². The van der Waals surface area contributed by atoms with Crippen molar-refractivity contribution >= 4 is 92.8 Å². The Kier molecular flexibility index (Phi) is 3.39. The Morgan fingerprint density at radius 2 is 1.33 bits per heavy atom. The summed E-state index contributed by atoms with van der Waals surface area (Å²) in [5.74, 6) is -0.684. The van der Waals surface area contributed by atoms with E-state index in [2.05, 4.69) is 0 Å². The van der Waals surface area contributed by atoms with E-state index in [0.29, 0.717) is 5.03 Å². The molecule has 0 aromatic heterocycles. The second-order valence-electron chi connectivity index (χ2n) is 4.93. The quantitative estimate of drug-likeness (QED) is 0.474. The molecular formula is C10H6Cl8. The molecule has 0 heterocycles. The van der Waals surface area contributed by atoms with Crippen LogP contribution < -0.4 is 0 Å². The van der Waals surface area contributed by atoms with Gasteiger partial charge >= 0.3 is 0 Å². The van der Waals surface area contributed by atoms with Crippen molar-refractivity contribution in [2.24, 2.45) is 11.8 Å². The van der Waals surface area contributed by atoms with Crippen molar-refractivity contribution in [2.75, 3.05) is 0 Å². The molecule has 2 saturated carbocycles. The zero-order valence-corrected chi connectivity index (χ0v) is 14.5. The Labute approximate surface area is 145 Å². The van der Waals surface area contributed by atoms with Crippen LogP contribution in [-0.4, -0.2) is 30.2 Å². The number of rotatable bonds is 0. The van der Waals surface area contributed by atoms with Crippen LogP contribution in [0, 0.1) is 11.8 Å². The van der Waals surface area contributed by atoms with Gasteiger partial charge in [0.25, 0.3) is 0 Å². The zero-order chi connectivity index (χ0) is 13.7. The molecule has 3 aliphatic carbocycles. The van der Waals surface area contributed by atoms with Crippen LogP contribution in [0.5, 0.6) is 0 Å². The van der Waals surface area contributed by atoms with Crippen molar-refractivity contribution in [2.45, 2.75) is 30.2 Å². The van der Waals surface area contributed by atoms with Crippen LogP contribution in [0.4, 0.5) is 0 Å². The minimum atomic E-state index is -1.47. The van der Waals surface area contributed by atoms with Gasteiger partial charge in [0.05, 0.1) is 16.1 Å². The Balaban J connectivity index is 2.24. The number of alkyl halides is 7. The Hall–Kier alpha value is 2.06. The first-order chi connectivity index (χ1) is 8.10. The standard InChI is InChI=1S/C10H6Cl8/c11-2-1-8(15)3-4(6(13)7(14)5(3)12)9(2,16)10(8,17)18/h1,3-7H. The number of halogens is 8. The Morgan fingerprint density at radius 1 is 0.833 bits per heavy atom. The third-order valence-corrected chi connectivity index (χ3v) is 9.63. The van der Waals surface area contributed by atoms with E-state index in [9.17, 15) is 0 Å². The maximum absolute atomic E-state index is 6.60. The second-order valence-corrected chi connectivity index (χ2v) is 9.40. The van der Waals surface area contributed by atoms with Gasteiger partial charge in [0.1, 0.15) is 9.75 Å². The number of hydrogen-bond donors (Lipinski definition) is 0. The van der Waals surface area contributed by atoms with E-state index in [1.807, 2.05) is 0 Å². The molecule has 7 unspecified atom stereocenters. The molecule has 0 amide bonds. The first-order valence-electron chi connectivity index (χ1n) is 5.17. The summed E-state index contributed by atoms with van der Waals surface area (Å²) in [5, 5.41) is -1.10. The second kappa shape index (κ2) is 4.07. The van der Waals surface area contributed by atoms with Gasteiger partial charge in [-0.1, -0.05) is 34.8 Å². The van der Waals surface area contributed by atoms with Gasteiger partial charge in [-0.05, 0) is 6.08 Å². The average molecular weight is 410 g/mol. The largest absolute Gasteiger partial charge is 0.165 e. The highest BCUT2D eigenvalue weighted by atomic mass is 35.5. The van der Waals surface area contributed by atoms with Crippen molar-refractivity contribution in [1.29, 1.82) is 0 Å². The number of allylic oxidation sites excluding steroid dienone is 2. The van der Waals surface area contributed by atoms with Crippen LogP contribution in [0.3, 0.4) is 0 Å². The van der Waals surface area contributed by atoms with E-state index in [-0.39, 0.29) is 11.8 Å². The summed E-state index contributed by atoms with van der Waals surface area (Å²) in [6, 6.07) is 0. The first kappa shape index (κ1) is 15.0. The lowest BCUT2D eigenvalue weighted by molar-refractivity contribution is 0.392. The van der Waals surface area contributed by atoms with E-state index in [1.165, 1.54) is 0 Å². The summed E-state index contributed by atoms with van der Waals surface area (Å²) in [5.41, 5.74) is 0. The van der Waals surface area contributed by atoms with Crippen molar-refractivity contribution in [3.8, 4) is 0 Å². The highest BCUT2D eigenvalue weighted by Gasteiger charge is 2.83. The van der Waals surface area contributed by atoms with Gasteiger partial charge in [0, 0.05) is 16.9 Å². The lowest BCUT2D eigenvalue weighted by atomic mass is 9.84. The molecule has 0 aliphatic heterocycles. The maximum Gasteiger partial charge on any atom is 0.165 e. The third-order valence-electron chi connectivity index (χ3n) is 4.25. The van der Waals surface area contributed by atoms with E-state index >= 15 is 0 Å². The summed E-state index contributed by atoms with van der Waals surface area (Å²) in [4.78, 5) is -2.39. The van der Waals surface area contributed by atoms with Crippen molar-refractivity contribution < 1.29 is 0 Å². The van der Waals surface area contributed by atoms with Gasteiger partial charge in [-0.2, -0.15) is 0 Å². The number of hydrogen-bond acceptors (Lipinski definition) is 0. The minimum Gasteiger partial charge on any atom is -0.121 e. The van der Waals surface area contributed by atoms with Gasteiger partial charge in [0.2, 0.25) is 0 Å². The minimum absolute atomic E-state index is 0.311. The molecule has 18 heavy (non-hydrogen) atoms. The van der Waals surface area contributed by atoms with Gasteiger partial charge in [0.15, 0.2) is 4.33 Å². The fraction of sp³-hybridized carbons (Fsp3) is 0.800. The van der Waals surface area contributed by atoms with Gasteiger partial charge in [-0.25, -0.2) is 0 Å². The monoisotopic (exact) mass is 406 g/mol. The highest BCUT2D eigenvalue weighted by molar-refractivity contribution is 6.63. The van der Waals surface area contributed by atoms with Crippen molar-refractivity contribution in [3.63, 3.8) is 0 Å². The van der Waals surface area contributed by atoms with Crippen LogP contribution in [0.2, 0.25) is 0 Å². The van der Waals surface area contributed by atoms with Crippen molar-refractivity contribution in [3.05, 3.63) is 11.1 Å². The topological polar surface area (TPSA) is 0 Å². The summed E-state index contributed by atoms with van der Waals surface area (Å²) >= 11 is 51.0. The molecule has 0 N–H and O–H groups in total. The molecule has 0 radical (unpaired) electrons. The summed E-state index contributed by atoms with van der Waals surface area (Å²) in [6.45, 7) is 0. The van der Waals surface area contributed by atoms with E-state index in [4.69, 9.17) is 92.8 Å². The lowest BCUT2D eigenvalue weighted by Crippen LogP contribution is -2.47. The van der Waals surface area contributed by atoms with E-state index in [0.717, 1.165) is 0 Å². The molecule has 2 fully saturated rings. The molecule has 2 bridgehead atoms. The summed E-state index contributed by atoms with van der Waals surface area (Å²) in [6.07, 6.45) is 1.58. The molecule has 102 valence electrons. The van der Waals surface area contributed by atoms with Gasteiger partial charge in [-0.15, -0.1) is 58.0 Å². The number of fused-ring (bicyclic) bond motifs is 5. The van der Waals surface area contributed by atoms with Crippen LogP contribution in [0.25, 0.3) is 0 Å². The molecule has 0 aromatic carbocycles. The lowest BCUT2D eigenvalue weighted by Gasteiger charge is -2.35. The summed E-state index contributed by atoms with van der Waals surface area (Å²) in [7, 11) is 0. The molecule has 0 saturated heterocycles. The van der Waals surface area contributed by atoms with Gasteiger partial charge in [-0.3, -0.25) is 0 Å². The van der Waals surface area contributed by atoms with Crippen LogP contribution >= 0.6 is 92.8 Å². The highest BCUT2D eigenvalue weighted by Crippen LogP contribution is 2.77. The fourth-order valence-electron chi connectivity index (χ4n) is 3.41. The fourth-order valence-corrected chi connectivity index (χ4v) is 7.41. The molecule has 8 heteroatoms.